The van der Waals surface area contributed by atoms with Crippen LogP contribution in [0.4, 0.5) is 0 Å². The summed E-state index contributed by atoms with van der Waals surface area (Å²) < 4.78 is 5.14. The summed E-state index contributed by atoms with van der Waals surface area (Å²) in [6.45, 7) is 4.36. The molecule has 78 valence electrons. The number of aromatic nitrogens is 1. The summed E-state index contributed by atoms with van der Waals surface area (Å²) in [7, 11) is 3.62. The van der Waals surface area contributed by atoms with Gasteiger partial charge in [0.2, 0.25) is 0 Å². The van der Waals surface area contributed by atoms with Gasteiger partial charge < -0.3 is 10.1 Å². The van der Waals surface area contributed by atoms with Gasteiger partial charge in [0.05, 0.1) is 13.3 Å². The highest BCUT2D eigenvalue weighted by Crippen LogP contribution is 2.23. The van der Waals surface area contributed by atoms with E-state index in [9.17, 15) is 0 Å². The van der Waals surface area contributed by atoms with E-state index in [1.54, 1.807) is 13.3 Å². The molecule has 0 fully saturated rings. The predicted molar refractivity (Wildman–Crippen MR) is 57.4 cm³/mol. The normalized spacial score (nSPS) is 12.9. The molecule has 0 saturated carbocycles. The first-order chi connectivity index (χ1) is 6.69. The third-order valence-corrected chi connectivity index (χ3v) is 2.31. The molecule has 0 radical (unpaired) electrons. The molecule has 0 amide bonds. The van der Waals surface area contributed by atoms with E-state index >= 15 is 0 Å². The van der Waals surface area contributed by atoms with Crippen molar-refractivity contribution in [3.05, 3.63) is 24.0 Å². The molecule has 0 bridgehead atoms. The molecule has 0 aliphatic rings. The number of nitrogens with zero attached hydrogens (tertiary/aromatic N) is 1. The first kappa shape index (κ1) is 11.0. The van der Waals surface area contributed by atoms with Gasteiger partial charge in [0, 0.05) is 12.2 Å². The van der Waals surface area contributed by atoms with E-state index in [2.05, 4.69) is 24.1 Å². The van der Waals surface area contributed by atoms with E-state index in [4.69, 9.17) is 4.74 Å². The maximum atomic E-state index is 5.14. The van der Waals surface area contributed by atoms with Gasteiger partial charge in [-0.2, -0.15) is 0 Å². The Hall–Kier alpha value is -1.09. The highest BCUT2D eigenvalue weighted by atomic mass is 16.5. The van der Waals surface area contributed by atoms with Crippen LogP contribution in [0.15, 0.2) is 18.5 Å². The molecule has 1 aromatic rings. The van der Waals surface area contributed by atoms with Crippen LogP contribution in [0.5, 0.6) is 5.75 Å². The molecular weight excluding hydrogens is 176 g/mol. The van der Waals surface area contributed by atoms with Crippen LogP contribution in [0.3, 0.4) is 0 Å². The second-order valence-corrected chi connectivity index (χ2v) is 3.67. The van der Waals surface area contributed by atoms with E-state index in [0.29, 0.717) is 12.0 Å². The maximum Gasteiger partial charge on any atom is 0.137 e. The van der Waals surface area contributed by atoms with E-state index < -0.39 is 0 Å². The van der Waals surface area contributed by atoms with Gasteiger partial charge in [0.15, 0.2) is 0 Å². The minimum atomic E-state index is 0.331. The lowest BCUT2D eigenvalue weighted by Crippen LogP contribution is -2.21. The lowest BCUT2D eigenvalue weighted by atomic mass is 9.98. The number of rotatable bonds is 4. The Morgan fingerprint density at radius 1 is 1.36 bits per heavy atom. The van der Waals surface area contributed by atoms with Gasteiger partial charge in [-0.15, -0.1) is 0 Å². The van der Waals surface area contributed by atoms with Crippen molar-refractivity contribution >= 4 is 0 Å². The largest absolute Gasteiger partial charge is 0.495 e. The molecule has 1 unspecified atom stereocenters. The summed E-state index contributed by atoms with van der Waals surface area (Å²) >= 11 is 0. The molecule has 0 spiro atoms. The molecule has 1 atom stereocenters. The van der Waals surface area contributed by atoms with Gasteiger partial charge in [-0.1, -0.05) is 13.8 Å². The lowest BCUT2D eigenvalue weighted by molar-refractivity contribution is 0.405. The van der Waals surface area contributed by atoms with Gasteiger partial charge in [0.25, 0.3) is 0 Å². The summed E-state index contributed by atoms with van der Waals surface area (Å²) in [5, 5.41) is 3.27. The van der Waals surface area contributed by atoms with Crippen molar-refractivity contribution in [2.24, 2.45) is 5.92 Å². The van der Waals surface area contributed by atoms with E-state index in [0.717, 1.165) is 5.75 Å². The summed E-state index contributed by atoms with van der Waals surface area (Å²) in [6, 6.07) is 2.35. The SMILES string of the molecule is CNC(c1cncc(OC)c1)C(C)C. The van der Waals surface area contributed by atoms with Crippen LogP contribution >= 0.6 is 0 Å². The van der Waals surface area contributed by atoms with Gasteiger partial charge in [-0.3, -0.25) is 4.98 Å². The highest BCUT2D eigenvalue weighted by molar-refractivity contribution is 5.26. The molecule has 0 aliphatic carbocycles. The average Bonchev–Trinajstić information content (AvgIpc) is 2.19. The van der Waals surface area contributed by atoms with Crippen LogP contribution in [-0.4, -0.2) is 19.1 Å². The Morgan fingerprint density at radius 2 is 2.07 bits per heavy atom. The standard InChI is InChI=1S/C11H18N2O/c1-8(2)11(12-3)9-5-10(14-4)7-13-6-9/h5-8,11-12H,1-4H3. The smallest absolute Gasteiger partial charge is 0.137 e. The molecule has 1 aromatic heterocycles. The van der Waals surface area contributed by atoms with Crippen molar-refractivity contribution in [1.82, 2.24) is 10.3 Å². The molecule has 3 heteroatoms. The van der Waals surface area contributed by atoms with Crippen LogP contribution < -0.4 is 10.1 Å². The average molecular weight is 194 g/mol. The van der Waals surface area contributed by atoms with Gasteiger partial charge in [-0.25, -0.2) is 0 Å². The zero-order valence-corrected chi connectivity index (χ0v) is 9.24. The predicted octanol–water partition coefficient (Wildman–Crippen LogP) is 2.01. The second kappa shape index (κ2) is 4.96. The Labute approximate surface area is 85.5 Å². The summed E-state index contributed by atoms with van der Waals surface area (Å²) in [4.78, 5) is 4.14. The Kier molecular flexibility index (Phi) is 3.89. The van der Waals surface area contributed by atoms with Crippen LogP contribution in [0.2, 0.25) is 0 Å². The van der Waals surface area contributed by atoms with Crippen LogP contribution in [-0.2, 0) is 0 Å². The third-order valence-electron chi connectivity index (χ3n) is 2.31. The molecular formula is C11H18N2O. The molecule has 14 heavy (non-hydrogen) atoms. The van der Waals surface area contributed by atoms with Crippen molar-refractivity contribution < 1.29 is 4.74 Å². The lowest BCUT2D eigenvalue weighted by Gasteiger charge is -2.20. The fourth-order valence-electron chi connectivity index (χ4n) is 1.60. The van der Waals surface area contributed by atoms with Crippen LogP contribution in [0, 0.1) is 5.92 Å². The zero-order valence-electron chi connectivity index (χ0n) is 9.24. The zero-order chi connectivity index (χ0) is 10.6. The van der Waals surface area contributed by atoms with E-state index in [1.165, 1.54) is 5.56 Å². The second-order valence-electron chi connectivity index (χ2n) is 3.67. The van der Waals surface area contributed by atoms with E-state index in [-0.39, 0.29) is 0 Å². The highest BCUT2D eigenvalue weighted by Gasteiger charge is 2.13. The molecule has 0 aromatic carbocycles. The van der Waals surface area contributed by atoms with Crippen molar-refractivity contribution in [1.29, 1.82) is 0 Å². The molecule has 0 aliphatic heterocycles. The molecule has 1 heterocycles. The summed E-state index contributed by atoms with van der Waals surface area (Å²) in [5.41, 5.74) is 1.17. The molecule has 0 saturated heterocycles. The van der Waals surface area contributed by atoms with Gasteiger partial charge in [-0.05, 0) is 24.6 Å². The Morgan fingerprint density at radius 3 is 2.57 bits per heavy atom. The molecule has 3 nitrogen and oxygen atoms in total. The first-order valence-electron chi connectivity index (χ1n) is 4.85. The van der Waals surface area contributed by atoms with Crippen LogP contribution in [0.1, 0.15) is 25.5 Å². The number of nitrogens with one attached hydrogen (secondary N) is 1. The number of pyridine rings is 1. The summed E-state index contributed by atoms with van der Waals surface area (Å²) in [6.07, 6.45) is 3.60. The van der Waals surface area contributed by atoms with Crippen molar-refractivity contribution in [2.45, 2.75) is 19.9 Å². The Balaban J connectivity index is 2.92. The topological polar surface area (TPSA) is 34.2 Å². The fraction of sp³-hybridized carbons (Fsp3) is 0.545. The Bertz CT molecular complexity index is 286. The fourth-order valence-corrected chi connectivity index (χ4v) is 1.60. The van der Waals surface area contributed by atoms with Crippen molar-refractivity contribution in [2.75, 3.05) is 14.2 Å². The van der Waals surface area contributed by atoms with Crippen LogP contribution in [0.25, 0.3) is 0 Å². The number of ether oxygens (including phenoxy) is 1. The number of hydrogen-bond acceptors (Lipinski definition) is 3. The molecule has 1 rings (SSSR count). The molecule has 1 N–H and O–H groups in total. The van der Waals surface area contributed by atoms with Gasteiger partial charge >= 0.3 is 0 Å². The summed E-state index contributed by atoms with van der Waals surface area (Å²) in [5.74, 6) is 1.34. The third kappa shape index (κ3) is 2.45. The quantitative estimate of drug-likeness (QED) is 0.796. The first-order valence-corrected chi connectivity index (χ1v) is 4.85. The minimum Gasteiger partial charge on any atom is -0.495 e. The van der Waals surface area contributed by atoms with Crippen molar-refractivity contribution in [3.63, 3.8) is 0 Å². The van der Waals surface area contributed by atoms with Crippen molar-refractivity contribution in [3.8, 4) is 5.75 Å². The van der Waals surface area contributed by atoms with Gasteiger partial charge in [0.1, 0.15) is 5.75 Å². The minimum absolute atomic E-state index is 0.331. The number of hydrogen-bond donors (Lipinski definition) is 1. The monoisotopic (exact) mass is 194 g/mol. The maximum absolute atomic E-state index is 5.14. The number of methoxy groups -OCH3 is 1. The van der Waals surface area contributed by atoms with E-state index in [1.807, 2.05) is 19.3 Å².